The molecule has 1 aromatic heterocycles. The minimum absolute atomic E-state index is 0.107. The van der Waals surface area contributed by atoms with Crippen LogP contribution in [0.4, 0.5) is 5.69 Å². The van der Waals surface area contributed by atoms with Gasteiger partial charge < -0.3 is 9.73 Å². The van der Waals surface area contributed by atoms with E-state index in [1.165, 1.54) is 6.08 Å². The number of carbonyl (C=O) groups excluding carboxylic acids is 1. The summed E-state index contributed by atoms with van der Waals surface area (Å²) in [7, 11) is 0. The zero-order chi connectivity index (χ0) is 20.9. The number of thioether (sulfide) groups is 1. The van der Waals surface area contributed by atoms with Crippen LogP contribution in [0.1, 0.15) is 22.5 Å². The first-order valence-electron chi connectivity index (χ1n) is 9.41. The SMILES string of the molecule is O=C(C=Cc1ccc(-c2cccc(Cl)c2Cl)o1)c1ccc(NC2=NCCCS2)cc1. The lowest BCUT2D eigenvalue weighted by molar-refractivity contribution is 0.104. The molecular weight excluding hydrogens is 439 g/mol. The molecule has 0 amide bonds. The number of nitrogens with zero attached hydrogens (tertiary/aromatic N) is 1. The van der Waals surface area contributed by atoms with Gasteiger partial charge in [-0.3, -0.25) is 9.79 Å². The second kappa shape index (κ2) is 9.56. The van der Waals surface area contributed by atoms with Gasteiger partial charge in [0.15, 0.2) is 11.0 Å². The second-order valence-corrected chi connectivity index (χ2v) is 8.46. The van der Waals surface area contributed by atoms with Gasteiger partial charge in [-0.1, -0.05) is 41.0 Å². The summed E-state index contributed by atoms with van der Waals surface area (Å²) >= 11 is 14.0. The topological polar surface area (TPSA) is 54.6 Å². The van der Waals surface area contributed by atoms with Gasteiger partial charge in [0.1, 0.15) is 11.5 Å². The third-order valence-electron chi connectivity index (χ3n) is 4.46. The number of halogens is 2. The quantitative estimate of drug-likeness (QED) is 0.329. The molecule has 7 heteroatoms. The Morgan fingerprint density at radius 2 is 1.93 bits per heavy atom. The van der Waals surface area contributed by atoms with Gasteiger partial charge in [0.2, 0.25) is 0 Å². The Morgan fingerprint density at radius 3 is 2.70 bits per heavy atom. The van der Waals surface area contributed by atoms with Crippen LogP contribution in [0, 0.1) is 0 Å². The maximum absolute atomic E-state index is 12.5. The normalized spacial score (nSPS) is 14.0. The van der Waals surface area contributed by atoms with Crippen LogP contribution in [0.5, 0.6) is 0 Å². The predicted molar refractivity (Wildman–Crippen MR) is 127 cm³/mol. The van der Waals surface area contributed by atoms with E-state index in [4.69, 9.17) is 27.6 Å². The first-order valence-corrected chi connectivity index (χ1v) is 11.2. The molecule has 4 nitrogen and oxygen atoms in total. The zero-order valence-corrected chi connectivity index (χ0v) is 18.2. The highest BCUT2D eigenvalue weighted by atomic mass is 35.5. The number of aliphatic imine (C=N–C) groups is 1. The van der Waals surface area contributed by atoms with Crippen LogP contribution >= 0.6 is 35.0 Å². The summed E-state index contributed by atoms with van der Waals surface area (Å²) in [5, 5.41) is 5.10. The lowest BCUT2D eigenvalue weighted by atomic mass is 10.1. The smallest absolute Gasteiger partial charge is 0.185 e. The van der Waals surface area contributed by atoms with E-state index in [1.807, 2.05) is 24.3 Å². The molecule has 30 heavy (non-hydrogen) atoms. The number of furan rings is 1. The van der Waals surface area contributed by atoms with Crippen molar-refractivity contribution in [2.24, 2.45) is 4.99 Å². The number of hydrogen-bond donors (Lipinski definition) is 1. The molecule has 2 aromatic carbocycles. The fraction of sp³-hybridized carbons (Fsp3) is 0.130. The van der Waals surface area contributed by atoms with Gasteiger partial charge in [0.05, 0.1) is 10.0 Å². The molecule has 2 heterocycles. The van der Waals surface area contributed by atoms with E-state index >= 15 is 0 Å². The van der Waals surface area contributed by atoms with Gasteiger partial charge in [-0.15, -0.1) is 0 Å². The highest BCUT2D eigenvalue weighted by molar-refractivity contribution is 8.14. The van der Waals surface area contributed by atoms with E-state index in [9.17, 15) is 4.79 Å². The number of nitrogens with one attached hydrogen (secondary N) is 1. The maximum atomic E-state index is 12.5. The third kappa shape index (κ3) is 4.98. The summed E-state index contributed by atoms with van der Waals surface area (Å²) in [4.78, 5) is 16.9. The first-order chi connectivity index (χ1) is 14.6. The summed E-state index contributed by atoms with van der Waals surface area (Å²) in [5.74, 6) is 2.11. The van der Waals surface area contributed by atoms with Gasteiger partial charge in [-0.25, -0.2) is 0 Å². The average molecular weight is 457 g/mol. The van der Waals surface area contributed by atoms with Crippen molar-refractivity contribution < 1.29 is 9.21 Å². The van der Waals surface area contributed by atoms with E-state index in [0.717, 1.165) is 29.6 Å². The average Bonchev–Trinajstić information content (AvgIpc) is 3.24. The van der Waals surface area contributed by atoms with Crippen molar-refractivity contribution in [2.45, 2.75) is 6.42 Å². The van der Waals surface area contributed by atoms with Gasteiger partial charge >= 0.3 is 0 Å². The van der Waals surface area contributed by atoms with E-state index in [2.05, 4.69) is 10.3 Å². The van der Waals surface area contributed by atoms with E-state index < -0.39 is 0 Å². The van der Waals surface area contributed by atoms with Crippen molar-refractivity contribution in [3.05, 3.63) is 82.0 Å². The van der Waals surface area contributed by atoms with Crippen LogP contribution in [0.2, 0.25) is 10.0 Å². The molecule has 0 aliphatic carbocycles. The van der Waals surface area contributed by atoms with Gasteiger partial charge in [0, 0.05) is 29.1 Å². The molecule has 0 radical (unpaired) electrons. The van der Waals surface area contributed by atoms with Crippen molar-refractivity contribution in [3.8, 4) is 11.3 Å². The first kappa shape index (κ1) is 20.8. The summed E-state index contributed by atoms with van der Waals surface area (Å²) in [6.45, 7) is 0.856. The van der Waals surface area contributed by atoms with Crippen molar-refractivity contribution >= 4 is 57.7 Å². The predicted octanol–water partition coefficient (Wildman–Crippen LogP) is 7.05. The number of amidine groups is 1. The fourth-order valence-corrected chi connectivity index (χ4v) is 4.14. The molecule has 3 aromatic rings. The number of allylic oxidation sites excluding steroid dienone is 1. The van der Waals surface area contributed by atoms with Crippen LogP contribution in [0.3, 0.4) is 0 Å². The Balaban J connectivity index is 1.42. The van der Waals surface area contributed by atoms with Gasteiger partial charge in [0.25, 0.3) is 0 Å². The molecule has 0 unspecified atom stereocenters. The van der Waals surface area contributed by atoms with Crippen molar-refractivity contribution in [1.82, 2.24) is 0 Å². The zero-order valence-electron chi connectivity index (χ0n) is 15.9. The highest BCUT2D eigenvalue weighted by Gasteiger charge is 2.11. The molecule has 0 spiro atoms. The molecule has 0 saturated carbocycles. The largest absolute Gasteiger partial charge is 0.457 e. The van der Waals surface area contributed by atoms with Crippen LogP contribution in [0.25, 0.3) is 17.4 Å². The monoisotopic (exact) mass is 456 g/mol. The minimum Gasteiger partial charge on any atom is -0.457 e. The number of hydrogen-bond acceptors (Lipinski definition) is 5. The molecule has 0 saturated heterocycles. The van der Waals surface area contributed by atoms with E-state index in [-0.39, 0.29) is 5.78 Å². The second-order valence-electron chi connectivity index (χ2n) is 6.59. The van der Waals surface area contributed by atoms with Crippen LogP contribution in [-0.2, 0) is 0 Å². The lowest BCUT2D eigenvalue weighted by Crippen LogP contribution is -2.13. The molecule has 0 bridgehead atoms. The molecule has 0 fully saturated rings. The Kier molecular flexibility index (Phi) is 6.62. The standard InChI is InChI=1S/C23H18Cl2N2O2S/c24-19-4-1-3-18(22(19)25)21-12-10-17(29-21)9-11-20(28)15-5-7-16(8-6-15)27-23-26-13-2-14-30-23/h1,3-12H,2,13-14H2,(H,26,27). The molecule has 4 rings (SSSR count). The third-order valence-corrected chi connectivity index (χ3v) is 6.28. The fourth-order valence-electron chi connectivity index (χ4n) is 2.91. The highest BCUT2D eigenvalue weighted by Crippen LogP contribution is 2.34. The van der Waals surface area contributed by atoms with E-state index in [1.54, 1.807) is 48.2 Å². The van der Waals surface area contributed by atoms with Crippen LogP contribution < -0.4 is 5.32 Å². The minimum atomic E-state index is -0.107. The van der Waals surface area contributed by atoms with E-state index in [0.29, 0.717) is 32.7 Å². The molecule has 1 N–H and O–H groups in total. The van der Waals surface area contributed by atoms with Gasteiger partial charge in [-0.2, -0.15) is 0 Å². The number of benzene rings is 2. The summed E-state index contributed by atoms with van der Waals surface area (Å²) in [5.41, 5.74) is 2.22. The van der Waals surface area contributed by atoms with Crippen LogP contribution in [-0.4, -0.2) is 23.2 Å². The lowest BCUT2D eigenvalue weighted by Gasteiger charge is -2.13. The number of carbonyl (C=O) groups is 1. The van der Waals surface area contributed by atoms with Crippen molar-refractivity contribution in [3.63, 3.8) is 0 Å². The van der Waals surface area contributed by atoms with Crippen molar-refractivity contribution in [2.75, 3.05) is 17.6 Å². The Labute approximate surface area is 189 Å². The van der Waals surface area contributed by atoms with Crippen molar-refractivity contribution in [1.29, 1.82) is 0 Å². The molecule has 152 valence electrons. The Morgan fingerprint density at radius 1 is 1.10 bits per heavy atom. The summed E-state index contributed by atoms with van der Waals surface area (Å²) in [6, 6.07) is 16.3. The van der Waals surface area contributed by atoms with Crippen LogP contribution in [0.15, 0.2) is 70.1 Å². The molecule has 1 aliphatic heterocycles. The Bertz CT molecular complexity index is 1120. The Hall–Kier alpha value is -2.47. The number of ketones is 1. The molecule has 0 atom stereocenters. The van der Waals surface area contributed by atoms with Gasteiger partial charge in [-0.05, 0) is 67.1 Å². The number of rotatable bonds is 5. The molecular formula is C23H18Cl2N2O2S. The summed E-state index contributed by atoms with van der Waals surface area (Å²) in [6.07, 6.45) is 4.24. The molecule has 1 aliphatic rings. The maximum Gasteiger partial charge on any atom is 0.185 e. The summed E-state index contributed by atoms with van der Waals surface area (Å²) < 4.78 is 5.79. The number of anilines is 1.